The third-order valence-corrected chi connectivity index (χ3v) is 4.66. The summed E-state index contributed by atoms with van der Waals surface area (Å²) in [7, 11) is 0. The lowest BCUT2D eigenvalue weighted by molar-refractivity contribution is -0.142. The van der Waals surface area contributed by atoms with Crippen molar-refractivity contribution in [2.75, 3.05) is 13.2 Å². The van der Waals surface area contributed by atoms with Crippen LogP contribution in [-0.4, -0.2) is 28.7 Å². The van der Waals surface area contributed by atoms with Gasteiger partial charge in [0.25, 0.3) is 5.56 Å². The second kappa shape index (κ2) is 7.45. The van der Waals surface area contributed by atoms with E-state index in [1.807, 2.05) is 30.3 Å². The Kier molecular flexibility index (Phi) is 5.11. The Bertz CT molecular complexity index is 1000. The lowest BCUT2D eigenvalue weighted by Crippen LogP contribution is -2.30. The number of benzene rings is 1. The topological polar surface area (TPSA) is 90.4 Å². The number of ether oxygens (including phenoxy) is 2. The fraction of sp³-hybridized carbons (Fsp3) is 0.235. The van der Waals surface area contributed by atoms with E-state index in [-0.39, 0.29) is 19.9 Å². The second-order valence-corrected chi connectivity index (χ2v) is 6.31. The van der Waals surface area contributed by atoms with Gasteiger partial charge in [-0.1, -0.05) is 30.3 Å². The first-order chi connectivity index (χ1) is 12.1. The molecule has 7 nitrogen and oxygen atoms in total. The van der Waals surface area contributed by atoms with Crippen LogP contribution in [0.2, 0.25) is 0 Å². The molecule has 0 saturated heterocycles. The van der Waals surface area contributed by atoms with Crippen LogP contribution in [0.15, 0.2) is 46.0 Å². The molecule has 0 unspecified atom stereocenters. The van der Waals surface area contributed by atoms with E-state index in [0.717, 1.165) is 10.4 Å². The molecule has 1 aromatic carbocycles. The van der Waals surface area contributed by atoms with Crippen molar-refractivity contribution in [3.05, 3.63) is 57.2 Å². The molecule has 25 heavy (non-hydrogen) atoms. The van der Waals surface area contributed by atoms with Crippen molar-refractivity contribution in [3.63, 3.8) is 0 Å². The molecule has 130 valence electrons. The zero-order chi connectivity index (χ0) is 17.8. The highest BCUT2D eigenvalue weighted by Crippen LogP contribution is 2.30. The predicted molar refractivity (Wildman–Crippen MR) is 94.7 cm³/mol. The average molecular weight is 360 g/mol. The van der Waals surface area contributed by atoms with Gasteiger partial charge in [0.2, 0.25) is 0 Å². The molecule has 3 aromatic rings. The highest BCUT2D eigenvalue weighted by atomic mass is 32.1. The second-order valence-electron chi connectivity index (χ2n) is 5.26. The molecule has 0 aliphatic rings. The monoisotopic (exact) mass is 360 g/mol. The van der Waals surface area contributed by atoms with Crippen LogP contribution < -0.4 is 11.2 Å². The Morgan fingerprint density at radius 3 is 2.68 bits per heavy atom. The zero-order valence-electron chi connectivity index (χ0n) is 13.5. The number of fused-ring (bicyclic) bond motifs is 1. The van der Waals surface area contributed by atoms with Gasteiger partial charge in [0.1, 0.15) is 18.0 Å². The predicted octanol–water partition coefficient (Wildman–Crippen LogP) is 1.96. The fourth-order valence-corrected chi connectivity index (χ4v) is 3.41. The van der Waals surface area contributed by atoms with E-state index < -0.39 is 17.2 Å². The summed E-state index contributed by atoms with van der Waals surface area (Å²) in [6.45, 7) is 1.53. The molecule has 0 amide bonds. The lowest BCUT2D eigenvalue weighted by atomic mass is 10.2. The molecule has 0 aliphatic heterocycles. The highest BCUT2D eigenvalue weighted by Gasteiger charge is 2.13. The minimum Gasteiger partial charge on any atom is -0.463 e. The van der Waals surface area contributed by atoms with E-state index in [9.17, 15) is 14.4 Å². The van der Waals surface area contributed by atoms with Crippen molar-refractivity contribution in [3.8, 4) is 10.4 Å². The van der Waals surface area contributed by atoms with Gasteiger partial charge in [-0.3, -0.25) is 19.1 Å². The molecule has 0 spiro atoms. The number of aromatic amines is 1. The van der Waals surface area contributed by atoms with E-state index in [0.29, 0.717) is 10.2 Å². The van der Waals surface area contributed by atoms with Crippen LogP contribution in [0.1, 0.15) is 6.92 Å². The normalized spacial score (nSPS) is 10.9. The number of carbonyl (C=O) groups is 1. The molecular formula is C17H16N2O5S. The summed E-state index contributed by atoms with van der Waals surface area (Å²) in [5, 5.41) is 0. The molecule has 2 aromatic heterocycles. The summed E-state index contributed by atoms with van der Waals surface area (Å²) in [5.41, 5.74) is 0.536. The van der Waals surface area contributed by atoms with E-state index in [1.54, 1.807) is 6.07 Å². The number of nitrogens with zero attached hydrogens (tertiary/aromatic N) is 1. The molecule has 2 heterocycles. The van der Waals surface area contributed by atoms with Crippen LogP contribution in [0.5, 0.6) is 0 Å². The first-order valence-electron chi connectivity index (χ1n) is 7.59. The number of hydrogen-bond acceptors (Lipinski definition) is 6. The van der Waals surface area contributed by atoms with Gasteiger partial charge in [0, 0.05) is 11.8 Å². The maximum Gasteiger partial charge on any atom is 0.330 e. The van der Waals surface area contributed by atoms with Crippen LogP contribution in [0.3, 0.4) is 0 Å². The van der Waals surface area contributed by atoms with Crippen molar-refractivity contribution in [1.82, 2.24) is 9.55 Å². The largest absolute Gasteiger partial charge is 0.463 e. The van der Waals surface area contributed by atoms with Gasteiger partial charge in [0.05, 0.1) is 12.1 Å². The number of rotatable bonds is 6. The first kappa shape index (κ1) is 17.1. The number of nitrogens with one attached hydrogen (secondary N) is 1. The first-order valence-corrected chi connectivity index (χ1v) is 8.41. The van der Waals surface area contributed by atoms with Gasteiger partial charge in [-0.15, -0.1) is 11.3 Å². The van der Waals surface area contributed by atoms with E-state index in [2.05, 4.69) is 4.98 Å². The summed E-state index contributed by atoms with van der Waals surface area (Å²) < 4.78 is 12.0. The van der Waals surface area contributed by atoms with Gasteiger partial charge < -0.3 is 9.47 Å². The SMILES string of the molecule is CC(=O)OCCOCn1c(=O)[nH]c(=O)c2sc(-c3ccccc3)cc21. The minimum atomic E-state index is -0.539. The van der Waals surface area contributed by atoms with Gasteiger partial charge >= 0.3 is 11.7 Å². The Morgan fingerprint density at radius 1 is 1.20 bits per heavy atom. The smallest absolute Gasteiger partial charge is 0.330 e. The number of aromatic nitrogens is 2. The Morgan fingerprint density at radius 2 is 1.96 bits per heavy atom. The average Bonchev–Trinajstić information content (AvgIpc) is 3.03. The van der Waals surface area contributed by atoms with Crippen molar-refractivity contribution < 1.29 is 14.3 Å². The molecule has 1 N–H and O–H groups in total. The van der Waals surface area contributed by atoms with Crippen LogP contribution in [0.25, 0.3) is 20.7 Å². The summed E-state index contributed by atoms with van der Waals surface area (Å²) in [6.07, 6.45) is 0. The van der Waals surface area contributed by atoms with Gasteiger partial charge in [0.15, 0.2) is 0 Å². The summed E-state index contributed by atoms with van der Waals surface area (Å²) >= 11 is 1.32. The van der Waals surface area contributed by atoms with Crippen molar-refractivity contribution in [2.45, 2.75) is 13.7 Å². The van der Waals surface area contributed by atoms with Crippen LogP contribution in [-0.2, 0) is 21.0 Å². The van der Waals surface area contributed by atoms with Gasteiger partial charge in [-0.25, -0.2) is 4.79 Å². The Balaban J connectivity index is 1.90. The molecule has 0 aliphatic carbocycles. The molecule has 0 radical (unpaired) electrons. The molecule has 3 rings (SSSR count). The minimum absolute atomic E-state index is 0.0433. The van der Waals surface area contributed by atoms with Gasteiger partial charge in [-0.05, 0) is 11.6 Å². The van der Waals surface area contributed by atoms with Crippen molar-refractivity contribution in [1.29, 1.82) is 0 Å². The van der Waals surface area contributed by atoms with Crippen LogP contribution >= 0.6 is 11.3 Å². The summed E-state index contributed by atoms with van der Waals surface area (Å²) in [4.78, 5) is 38.1. The third-order valence-electron chi connectivity index (χ3n) is 3.49. The Labute approximate surface area is 146 Å². The van der Waals surface area contributed by atoms with Crippen molar-refractivity contribution in [2.24, 2.45) is 0 Å². The molecular weight excluding hydrogens is 344 g/mol. The van der Waals surface area contributed by atoms with Gasteiger partial charge in [-0.2, -0.15) is 0 Å². The summed E-state index contributed by atoms with van der Waals surface area (Å²) in [5.74, 6) is -0.391. The summed E-state index contributed by atoms with van der Waals surface area (Å²) in [6, 6.07) is 11.4. The van der Waals surface area contributed by atoms with E-state index in [1.165, 1.54) is 22.8 Å². The number of hydrogen-bond donors (Lipinski definition) is 1. The number of thiophene rings is 1. The van der Waals surface area contributed by atoms with Crippen molar-refractivity contribution >= 4 is 27.5 Å². The highest BCUT2D eigenvalue weighted by molar-refractivity contribution is 7.22. The van der Waals surface area contributed by atoms with E-state index in [4.69, 9.17) is 9.47 Å². The maximum absolute atomic E-state index is 12.1. The third kappa shape index (κ3) is 3.86. The zero-order valence-corrected chi connectivity index (χ0v) is 14.3. The van der Waals surface area contributed by atoms with E-state index >= 15 is 0 Å². The quantitative estimate of drug-likeness (QED) is 0.536. The molecule has 8 heteroatoms. The Hall–Kier alpha value is -2.71. The standard InChI is InChI=1S/C17H16N2O5S/c1-11(20)24-8-7-23-10-19-13-9-14(12-5-3-2-4-6-12)25-15(13)16(21)18-17(19)22/h2-6,9H,7-8,10H2,1H3,(H,18,21,22). The van der Waals surface area contributed by atoms with Crippen LogP contribution in [0.4, 0.5) is 0 Å². The molecule has 0 atom stereocenters. The lowest BCUT2D eigenvalue weighted by Gasteiger charge is -2.08. The molecule has 0 fully saturated rings. The number of carbonyl (C=O) groups excluding carboxylic acids is 1. The number of esters is 1. The maximum atomic E-state index is 12.1. The van der Waals surface area contributed by atoms with Crippen LogP contribution in [0, 0.1) is 0 Å². The molecule has 0 saturated carbocycles. The fourth-order valence-electron chi connectivity index (χ4n) is 2.35. The number of H-pyrrole nitrogens is 1. The molecule has 0 bridgehead atoms.